The molecule has 0 amide bonds. The van der Waals surface area contributed by atoms with Gasteiger partial charge in [-0.3, -0.25) is 9.89 Å². The fraction of sp³-hybridized carbons (Fsp3) is 0.0909. The fourth-order valence-corrected chi connectivity index (χ4v) is 1.94. The van der Waals surface area contributed by atoms with Crippen molar-refractivity contribution in [3.05, 3.63) is 41.1 Å². The molecule has 1 aliphatic rings. The number of hydrogen-bond acceptors (Lipinski definition) is 2. The summed E-state index contributed by atoms with van der Waals surface area (Å²) in [6.45, 7) is 1.85. The number of aromatic amines is 1. The Bertz CT molecular complexity index is 540. The van der Waals surface area contributed by atoms with E-state index in [0.29, 0.717) is 0 Å². The molecule has 0 saturated heterocycles. The van der Waals surface area contributed by atoms with Crippen molar-refractivity contribution in [1.82, 2.24) is 10.2 Å². The van der Waals surface area contributed by atoms with Gasteiger partial charge in [-0.25, -0.2) is 0 Å². The highest BCUT2D eigenvalue weighted by Gasteiger charge is 2.29. The first kappa shape index (κ1) is 7.50. The van der Waals surface area contributed by atoms with Gasteiger partial charge in [0.25, 0.3) is 0 Å². The first-order chi connectivity index (χ1) is 6.79. The number of aryl methyl sites for hydroxylation is 1. The molecule has 0 radical (unpaired) electrons. The molecule has 14 heavy (non-hydrogen) atoms. The van der Waals surface area contributed by atoms with Gasteiger partial charge in [0.15, 0.2) is 5.78 Å². The van der Waals surface area contributed by atoms with Gasteiger partial charge in [0.1, 0.15) is 0 Å². The minimum Gasteiger partial charge on any atom is -0.288 e. The summed E-state index contributed by atoms with van der Waals surface area (Å²) in [5.74, 6) is 0.0850. The number of ketones is 1. The number of carbonyl (C=O) groups excluding carboxylic acids is 1. The van der Waals surface area contributed by atoms with Crippen molar-refractivity contribution in [3.63, 3.8) is 0 Å². The second kappa shape index (κ2) is 2.32. The quantitative estimate of drug-likeness (QED) is 0.580. The molecular weight excluding hydrogens is 176 g/mol. The zero-order valence-corrected chi connectivity index (χ0v) is 7.66. The third-order valence-electron chi connectivity index (χ3n) is 2.62. The van der Waals surface area contributed by atoms with Crippen molar-refractivity contribution in [2.24, 2.45) is 0 Å². The fourth-order valence-electron chi connectivity index (χ4n) is 1.94. The number of H-pyrrole nitrogens is 1. The van der Waals surface area contributed by atoms with Crippen molar-refractivity contribution >= 4 is 5.78 Å². The van der Waals surface area contributed by atoms with Crippen LogP contribution in [0.5, 0.6) is 0 Å². The van der Waals surface area contributed by atoms with E-state index in [0.717, 1.165) is 28.1 Å². The van der Waals surface area contributed by atoms with Gasteiger partial charge in [-0.15, -0.1) is 0 Å². The van der Waals surface area contributed by atoms with Crippen LogP contribution in [-0.4, -0.2) is 16.0 Å². The first-order valence-electron chi connectivity index (χ1n) is 4.48. The molecule has 1 aromatic carbocycles. The number of carbonyl (C=O) groups is 1. The van der Waals surface area contributed by atoms with Gasteiger partial charge >= 0.3 is 0 Å². The van der Waals surface area contributed by atoms with Gasteiger partial charge in [0.05, 0.1) is 17.0 Å². The van der Waals surface area contributed by atoms with Crippen LogP contribution in [0.4, 0.5) is 0 Å². The summed E-state index contributed by atoms with van der Waals surface area (Å²) in [6, 6.07) is 7.60. The number of hydrogen-bond donors (Lipinski definition) is 1. The molecule has 0 atom stereocenters. The van der Waals surface area contributed by atoms with Crippen LogP contribution < -0.4 is 0 Å². The van der Waals surface area contributed by atoms with Gasteiger partial charge < -0.3 is 0 Å². The Morgan fingerprint density at radius 3 is 2.71 bits per heavy atom. The predicted octanol–water partition coefficient (Wildman–Crippen LogP) is 1.93. The molecule has 1 aromatic heterocycles. The van der Waals surface area contributed by atoms with Crippen molar-refractivity contribution in [2.75, 3.05) is 0 Å². The third kappa shape index (κ3) is 0.719. The maximum absolute atomic E-state index is 11.9. The van der Waals surface area contributed by atoms with Gasteiger partial charge in [-0.1, -0.05) is 24.3 Å². The number of nitrogens with one attached hydrogen (secondary N) is 1. The van der Waals surface area contributed by atoms with Gasteiger partial charge in [0.2, 0.25) is 0 Å². The lowest BCUT2D eigenvalue weighted by molar-refractivity contribution is 0.104. The molecule has 0 aliphatic heterocycles. The molecular formula is C11H8N2O. The lowest BCUT2D eigenvalue weighted by Gasteiger charge is -1.95. The molecule has 0 bridgehead atoms. The Hall–Kier alpha value is -1.90. The summed E-state index contributed by atoms with van der Waals surface area (Å²) in [5.41, 5.74) is 4.11. The molecule has 3 nitrogen and oxygen atoms in total. The monoisotopic (exact) mass is 184 g/mol. The molecule has 1 N–H and O–H groups in total. The van der Waals surface area contributed by atoms with Gasteiger partial charge in [-0.05, 0) is 6.92 Å². The van der Waals surface area contributed by atoms with E-state index >= 15 is 0 Å². The Morgan fingerprint density at radius 1 is 1.21 bits per heavy atom. The van der Waals surface area contributed by atoms with E-state index in [1.54, 1.807) is 0 Å². The number of rotatable bonds is 0. The summed E-state index contributed by atoms with van der Waals surface area (Å²) in [6.07, 6.45) is 0. The molecule has 2 aromatic rings. The zero-order valence-electron chi connectivity index (χ0n) is 7.66. The Morgan fingerprint density at radius 2 is 1.93 bits per heavy atom. The van der Waals surface area contributed by atoms with Crippen LogP contribution in [0.1, 0.15) is 21.6 Å². The topological polar surface area (TPSA) is 45.8 Å². The Kier molecular flexibility index (Phi) is 1.24. The Labute approximate surface area is 80.8 Å². The van der Waals surface area contributed by atoms with E-state index in [1.807, 2.05) is 31.2 Å². The molecule has 0 fully saturated rings. The first-order valence-corrected chi connectivity index (χ1v) is 4.48. The lowest BCUT2D eigenvalue weighted by atomic mass is 10.1. The maximum Gasteiger partial charge on any atom is 0.197 e. The highest BCUT2D eigenvalue weighted by molar-refractivity contribution is 6.21. The molecule has 0 spiro atoms. The van der Waals surface area contributed by atoms with Crippen LogP contribution in [0.3, 0.4) is 0 Å². The van der Waals surface area contributed by atoms with E-state index in [4.69, 9.17) is 0 Å². The van der Waals surface area contributed by atoms with E-state index in [9.17, 15) is 4.79 Å². The summed E-state index contributed by atoms with van der Waals surface area (Å²) in [7, 11) is 0. The van der Waals surface area contributed by atoms with Gasteiger partial charge in [-0.2, -0.15) is 5.10 Å². The molecule has 1 heterocycles. The van der Waals surface area contributed by atoms with Crippen LogP contribution in [-0.2, 0) is 0 Å². The smallest absolute Gasteiger partial charge is 0.197 e. The lowest BCUT2D eigenvalue weighted by Crippen LogP contribution is -1.96. The largest absolute Gasteiger partial charge is 0.288 e. The third-order valence-corrected chi connectivity index (χ3v) is 2.62. The molecule has 3 rings (SSSR count). The average molecular weight is 184 g/mol. The second-order valence-corrected chi connectivity index (χ2v) is 3.43. The van der Waals surface area contributed by atoms with Crippen LogP contribution >= 0.6 is 0 Å². The molecule has 3 heteroatoms. The van der Waals surface area contributed by atoms with Crippen LogP contribution in [0.25, 0.3) is 11.3 Å². The van der Waals surface area contributed by atoms with Crippen molar-refractivity contribution < 1.29 is 4.79 Å². The summed E-state index contributed by atoms with van der Waals surface area (Å²) < 4.78 is 0. The number of fused-ring (bicyclic) bond motifs is 3. The minimum absolute atomic E-state index is 0.0850. The number of nitrogens with zero attached hydrogens (tertiary/aromatic N) is 1. The summed E-state index contributed by atoms with van der Waals surface area (Å²) in [4.78, 5) is 11.9. The highest BCUT2D eigenvalue weighted by Crippen LogP contribution is 2.35. The standard InChI is InChI=1S/C11H8N2O/c1-6-9-10(13-12-6)7-4-2-3-5-8(7)11(9)14/h2-5H,1H3,(H,12,13). The van der Waals surface area contributed by atoms with Crippen LogP contribution in [0.15, 0.2) is 24.3 Å². The number of benzene rings is 1. The zero-order chi connectivity index (χ0) is 9.71. The van der Waals surface area contributed by atoms with E-state index in [2.05, 4.69) is 10.2 Å². The Balaban J connectivity index is 2.42. The van der Waals surface area contributed by atoms with Crippen LogP contribution in [0, 0.1) is 6.92 Å². The van der Waals surface area contributed by atoms with E-state index in [1.165, 1.54) is 0 Å². The van der Waals surface area contributed by atoms with Gasteiger partial charge in [0, 0.05) is 11.1 Å². The van der Waals surface area contributed by atoms with E-state index in [-0.39, 0.29) is 5.78 Å². The molecule has 0 saturated carbocycles. The van der Waals surface area contributed by atoms with Crippen molar-refractivity contribution in [1.29, 1.82) is 0 Å². The summed E-state index contributed by atoms with van der Waals surface area (Å²) in [5, 5.41) is 6.94. The highest BCUT2D eigenvalue weighted by atomic mass is 16.1. The van der Waals surface area contributed by atoms with Crippen molar-refractivity contribution in [3.8, 4) is 11.3 Å². The second-order valence-electron chi connectivity index (χ2n) is 3.43. The molecule has 68 valence electrons. The minimum atomic E-state index is 0.0850. The van der Waals surface area contributed by atoms with Crippen LogP contribution in [0.2, 0.25) is 0 Å². The predicted molar refractivity (Wildman–Crippen MR) is 52.2 cm³/mol. The van der Waals surface area contributed by atoms with E-state index < -0.39 is 0 Å². The number of aromatic nitrogens is 2. The molecule has 1 aliphatic carbocycles. The summed E-state index contributed by atoms with van der Waals surface area (Å²) >= 11 is 0. The SMILES string of the molecule is Cc1n[nH]c2c1C(=O)c1ccccc1-2. The normalized spacial score (nSPS) is 12.8. The molecule has 0 unspecified atom stereocenters. The maximum atomic E-state index is 11.9. The van der Waals surface area contributed by atoms with Crippen molar-refractivity contribution in [2.45, 2.75) is 6.92 Å². The average Bonchev–Trinajstić information content (AvgIpc) is 2.70.